The first kappa shape index (κ1) is 18.5. The Bertz CT molecular complexity index is 862. The number of nitrogens with zero attached hydrogens (tertiary/aromatic N) is 4. The van der Waals surface area contributed by atoms with E-state index in [4.69, 9.17) is 4.74 Å². The van der Waals surface area contributed by atoms with Crippen molar-refractivity contribution in [2.24, 2.45) is 7.05 Å². The van der Waals surface area contributed by atoms with E-state index in [1.54, 1.807) is 24.2 Å². The highest BCUT2D eigenvalue weighted by molar-refractivity contribution is 7.99. The van der Waals surface area contributed by atoms with Crippen LogP contribution < -0.4 is 4.74 Å². The first-order valence-electron chi connectivity index (χ1n) is 8.72. The number of ether oxygens (including phenoxy) is 1. The molecule has 0 unspecified atom stereocenters. The molecule has 0 bridgehead atoms. The zero-order chi connectivity index (χ0) is 18.5. The molecule has 0 aliphatic rings. The van der Waals surface area contributed by atoms with Gasteiger partial charge in [-0.3, -0.25) is 4.98 Å². The minimum absolute atomic E-state index is 0.532. The van der Waals surface area contributed by atoms with Gasteiger partial charge < -0.3 is 9.30 Å². The standard InChI is InChI=1S/C20H24N4OS/c1-14(2)18-8-7-17(12-15(18)3)25-10-11-26-20-23-22-19(24(20)4)16-6-5-9-21-13-16/h5-9,12-14H,10-11H2,1-4H3. The molecule has 0 N–H and O–H groups in total. The summed E-state index contributed by atoms with van der Waals surface area (Å²) in [6.45, 7) is 7.18. The van der Waals surface area contributed by atoms with E-state index in [9.17, 15) is 0 Å². The molecule has 0 fully saturated rings. The van der Waals surface area contributed by atoms with E-state index in [2.05, 4.69) is 54.2 Å². The van der Waals surface area contributed by atoms with Gasteiger partial charge in [0.25, 0.3) is 0 Å². The van der Waals surface area contributed by atoms with Gasteiger partial charge in [-0.25, -0.2) is 0 Å². The Balaban J connectivity index is 1.55. The van der Waals surface area contributed by atoms with Crippen molar-refractivity contribution in [1.82, 2.24) is 19.7 Å². The number of thioether (sulfide) groups is 1. The van der Waals surface area contributed by atoms with Crippen LogP contribution in [0.25, 0.3) is 11.4 Å². The van der Waals surface area contributed by atoms with Gasteiger partial charge in [-0.15, -0.1) is 10.2 Å². The van der Waals surface area contributed by atoms with Crippen molar-refractivity contribution in [2.75, 3.05) is 12.4 Å². The van der Waals surface area contributed by atoms with Crippen LogP contribution in [-0.2, 0) is 7.05 Å². The van der Waals surface area contributed by atoms with Gasteiger partial charge in [-0.1, -0.05) is 31.7 Å². The lowest BCUT2D eigenvalue weighted by atomic mass is 9.98. The molecule has 3 aromatic rings. The quantitative estimate of drug-likeness (QED) is 0.455. The molecule has 26 heavy (non-hydrogen) atoms. The monoisotopic (exact) mass is 368 g/mol. The average molecular weight is 369 g/mol. The number of pyridine rings is 1. The van der Waals surface area contributed by atoms with Gasteiger partial charge in [0.05, 0.1) is 6.61 Å². The van der Waals surface area contributed by atoms with Gasteiger partial charge in [-0.2, -0.15) is 0 Å². The molecule has 2 heterocycles. The normalized spacial score (nSPS) is 11.1. The molecular weight excluding hydrogens is 344 g/mol. The van der Waals surface area contributed by atoms with E-state index in [0.29, 0.717) is 12.5 Å². The predicted molar refractivity (Wildman–Crippen MR) is 106 cm³/mol. The SMILES string of the molecule is Cc1cc(OCCSc2nnc(-c3cccnc3)n2C)ccc1C(C)C. The topological polar surface area (TPSA) is 52.8 Å². The first-order chi connectivity index (χ1) is 12.6. The van der Waals surface area contributed by atoms with E-state index in [1.807, 2.05) is 23.7 Å². The molecule has 0 radical (unpaired) electrons. The number of hydrogen-bond acceptors (Lipinski definition) is 5. The second kappa shape index (κ2) is 8.36. The lowest BCUT2D eigenvalue weighted by molar-refractivity contribution is 0.343. The minimum Gasteiger partial charge on any atom is -0.493 e. The molecule has 5 nitrogen and oxygen atoms in total. The number of benzene rings is 1. The summed E-state index contributed by atoms with van der Waals surface area (Å²) in [6.07, 6.45) is 3.55. The maximum Gasteiger partial charge on any atom is 0.191 e. The fourth-order valence-electron chi connectivity index (χ4n) is 2.87. The van der Waals surface area contributed by atoms with Crippen molar-refractivity contribution in [3.05, 3.63) is 53.9 Å². The summed E-state index contributed by atoms with van der Waals surface area (Å²) in [5, 5.41) is 9.42. The summed E-state index contributed by atoms with van der Waals surface area (Å²) in [6, 6.07) is 10.2. The lowest BCUT2D eigenvalue weighted by Crippen LogP contribution is -2.03. The number of rotatable bonds is 7. The molecule has 0 aliphatic heterocycles. The van der Waals surface area contributed by atoms with Crippen LogP contribution in [0.1, 0.15) is 30.9 Å². The molecule has 0 aliphatic carbocycles. The van der Waals surface area contributed by atoms with Crippen molar-refractivity contribution < 1.29 is 4.74 Å². The fourth-order valence-corrected chi connectivity index (χ4v) is 3.59. The Morgan fingerprint density at radius 3 is 2.73 bits per heavy atom. The zero-order valence-corrected chi connectivity index (χ0v) is 16.5. The molecule has 136 valence electrons. The lowest BCUT2D eigenvalue weighted by Gasteiger charge is -2.12. The van der Waals surface area contributed by atoms with Gasteiger partial charge in [-0.05, 0) is 48.2 Å². The second-order valence-corrected chi connectivity index (χ2v) is 7.54. The molecular formula is C20H24N4OS. The molecule has 1 aromatic carbocycles. The summed E-state index contributed by atoms with van der Waals surface area (Å²) in [5.74, 6) is 3.08. The van der Waals surface area contributed by atoms with Crippen LogP contribution in [0, 0.1) is 6.92 Å². The molecule has 0 saturated carbocycles. The molecule has 0 spiro atoms. The van der Waals surface area contributed by atoms with Crippen molar-refractivity contribution >= 4 is 11.8 Å². The van der Waals surface area contributed by atoms with E-state index in [0.717, 1.165) is 28.0 Å². The third-order valence-corrected chi connectivity index (χ3v) is 5.19. The van der Waals surface area contributed by atoms with Crippen molar-refractivity contribution in [1.29, 1.82) is 0 Å². The number of aryl methyl sites for hydroxylation is 1. The van der Waals surface area contributed by atoms with Gasteiger partial charge in [0, 0.05) is 30.8 Å². The Morgan fingerprint density at radius 2 is 2.04 bits per heavy atom. The largest absolute Gasteiger partial charge is 0.493 e. The fraction of sp³-hybridized carbons (Fsp3) is 0.350. The summed E-state index contributed by atoms with van der Waals surface area (Å²) in [7, 11) is 1.97. The van der Waals surface area contributed by atoms with Crippen LogP contribution >= 0.6 is 11.8 Å². The Kier molecular flexibility index (Phi) is 5.93. The minimum atomic E-state index is 0.532. The highest BCUT2D eigenvalue weighted by Crippen LogP contribution is 2.24. The van der Waals surface area contributed by atoms with Crippen molar-refractivity contribution in [3.63, 3.8) is 0 Å². The second-order valence-electron chi connectivity index (χ2n) is 6.48. The predicted octanol–water partition coefficient (Wildman–Crippen LogP) is 4.48. The molecule has 0 amide bonds. The highest BCUT2D eigenvalue weighted by atomic mass is 32.2. The maximum atomic E-state index is 5.89. The van der Waals surface area contributed by atoms with Crippen LogP contribution in [0.5, 0.6) is 5.75 Å². The van der Waals surface area contributed by atoms with Crippen LogP contribution in [0.2, 0.25) is 0 Å². The van der Waals surface area contributed by atoms with E-state index in [-0.39, 0.29) is 0 Å². The first-order valence-corrected chi connectivity index (χ1v) is 9.70. The Hall–Kier alpha value is -2.34. The molecule has 6 heteroatoms. The Labute approximate surface area is 158 Å². The third-order valence-electron chi connectivity index (χ3n) is 4.20. The maximum absolute atomic E-state index is 5.89. The molecule has 3 rings (SSSR count). The van der Waals surface area contributed by atoms with Crippen LogP contribution in [0.15, 0.2) is 47.9 Å². The van der Waals surface area contributed by atoms with E-state index in [1.165, 1.54) is 11.1 Å². The van der Waals surface area contributed by atoms with Gasteiger partial charge in [0.1, 0.15) is 5.75 Å². The zero-order valence-electron chi connectivity index (χ0n) is 15.6. The molecule has 0 atom stereocenters. The van der Waals surface area contributed by atoms with Crippen LogP contribution in [-0.4, -0.2) is 32.1 Å². The summed E-state index contributed by atoms with van der Waals surface area (Å²) >= 11 is 1.64. The Morgan fingerprint density at radius 1 is 1.19 bits per heavy atom. The third kappa shape index (κ3) is 4.25. The van der Waals surface area contributed by atoms with E-state index < -0.39 is 0 Å². The van der Waals surface area contributed by atoms with Crippen LogP contribution in [0.4, 0.5) is 0 Å². The van der Waals surface area contributed by atoms with Crippen LogP contribution in [0.3, 0.4) is 0 Å². The summed E-state index contributed by atoms with van der Waals surface area (Å²) < 4.78 is 7.88. The smallest absolute Gasteiger partial charge is 0.191 e. The highest BCUT2D eigenvalue weighted by Gasteiger charge is 2.11. The van der Waals surface area contributed by atoms with Gasteiger partial charge in [0.15, 0.2) is 11.0 Å². The number of aromatic nitrogens is 4. The summed E-state index contributed by atoms with van der Waals surface area (Å²) in [4.78, 5) is 4.14. The average Bonchev–Trinajstić information content (AvgIpc) is 3.00. The summed E-state index contributed by atoms with van der Waals surface area (Å²) in [5.41, 5.74) is 3.61. The molecule has 2 aromatic heterocycles. The van der Waals surface area contributed by atoms with Gasteiger partial charge >= 0.3 is 0 Å². The van der Waals surface area contributed by atoms with E-state index >= 15 is 0 Å². The number of hydrogen-bond donors (Lipinski definition) is 0. The van der Waals surface area contributed by atoms with Crippen molar-refractivity contribution in [2.45, 2.75) is 31.8 Å². The van der Waals surface area contributed by atoms with Gasteiger partial charge in [0.2, 0.25) is 0 Å². The molecule has 0 saturated heterocycles. The van der Waals surface area contributed by atoms with Crippen molar-refractivity contribution in [3.8, 4) is 17.1 Å².